The molecule has 2 fully saturated rings. The Balaban J connectivity index is 0.000000345. The highest BCUT2D eigenvalue weighted by Gasteiger charge is 2.43. The minimum atomic E-state index is -5.08. The maximum absolute atomic E-state index is 12.1. The van der Waals surface area contributed by atoms with Crippen molar-refractivity contribution in [2.24, 2.45) is 0 Å². The van der Waals surface area contributed by atoms with Crippen LogP contribution >= 0.6 is 11.3 Å². The Bertz CT molecular complexity index is 657. The molecule has 1 aromatic heterocycles. The summed E-state index contributed by atoms with van der Waals surface area (Å²) in [5.41, 5.74) is 0.409. The van der Waals surface area contributed by atoms with Crippen LogP contribution in [0, 0.1) is 0 Å². The molecular weight excluding hydrogens is 405 g/mol. The Morgan fingerprint density at radius 1 is 1.36 bits per heavy atom. The molecule has 0 aromatic carbocycles. The predicted molar refractivity (Wildman–Crippen MR) is 93.4 cm³/mol. The number of aliphatic carboxylic acids is 1. The van der Waals surface area contributed by atoms with Gasteiger partial charge in [-0.25, -0.2) is 4.79 Å². The molecule has 2 aliphatic heterocycles. The number of morpholine rings is 1. The number of ether oxygens (including phenoxy) is 2. The Kier molecular flexibility index (Phi) is 7.78. The number of thiophene rings is 1. The number of β-amino-alcohol motifs (C(OH)–C–C–N with tert-alkyl or cyclic N) is 1. The smallest absolute Gasteiger partial charge is 0.475 e. The Hall–Kier alpha value is -1.73. The first-order valence-corrected chi connectivity index (χ1v) is 9.29. The van der Waals surface area contributed by atoms with Crippen LogP contribution in [0.15, 0.2) is 16.8 Å². The van der Waals surface area contributed by atoms with Gasteiger partial charge in [-0.15, -0.1) is 0 Å². The van der Waals surface area contributed by atoms with Gasteiger partial charge in [-0.05, 0) is 11.4 Å². The van der Waals surface area contributed by atoms with E-state index in [0.29, 0.717) is 32.8 Å². The minimum Gasteiger partial charge on any atom is -0.475 e. The molecule has 1 unspecified atom stereocenters. The minimum absolute atomic E-state index is 0.0167. The first-order valence-electron chi connectivity index (χ1n) is 8.34. The number of halogens is 3. The number of carboxylic acid groups (broad SMARTS) is 1. The highest BCUT2D eigenvalue weighted by molar-refractivity contribution is 7.08. The molecule has 0 saturated carbocycles. The maximum Gasteiger partial charge on any atom is 0.490 e. The second-order valence-electron chi connectivity index (χ2n) is 6.29. The lowest BCUT2D eigenvalue weighted by molar-refractivity contribution is -0.192. The van der Waals surface area contributed by atoms with E-state index in [9.17, 15) is 18.0 Å². The van der Waals surface area contributed by atoms with E-state index >= 15 is 0 Å². The third kappa shape index (κ3) is 6.14. The van der Waals surface area contributed by atoms with Crippen LogP contribution in [0.4, 0.5) is 18.9 Å². The van der Waals surface area contributed by atoms with Gasteiger partial charge in [0.15, 0.2) is 0 Å². The molecule has 28 heavy (non-hydrogen) atoms. The standard InChI is InChI=1S/C14H20N2O4S.C2HF3O2/c17-4-2-15-3-5-19-11-14(9-15)10-16(13(18)7-20-14)12-1-6-21-8-12;3-2(4,5)1(6)7/h1,6,8,17H,2-5,7,9-11H2;(H,6,7). The number of aliphatic hydroxyl groups excluding tert-OH is 1. The van der Waals surface area contributed by atoms with Crippen molar-refractivity contribution in [3.05, 3.63) is 16.8 Å². The second kappa shape index (κ2) is 9.65. The first-order chi connectivity index (χ1) is 13.2. The molecule has 1 amide bonds. The Morgan fingerprint density at radius 2 is 2.07 bits per heavy atom. The van der Waals surface area contributed by atoms with Crippen molar-refractivity contribution in [1.82, 2.24) is 4.90 Å². The normalized spacial score (nSPS) is 23.9. The number of carbonyl (C=O) groups is 2. The summed E-state index contributed by atoms with van der Waals surface area (Å²) in [6.45, 7) is 3.82. The maximum atomic E-state index is 12.1. The van der Waals surface area contributed by atoms with Gasteiger partial charge in [0.1, 0.15) is 12.2 Å². The fourth-order valence-electron chi connectivity index (χ4n) is 2.86. The SMILES string of the molecule is O=C(O)C(F)(F)F.O=C1COC2(COCCN(CCO)C2)CN1c1ccsc1. The number of rotatable bonds is 3. The van der Waals surface area contributed by atoms with Crippen molar-refractivity contribution in [1.29, 1.82) is 0 Å². The van der Waals surface area contributed by atoms with Crippen LogP contribution in [-0.2, 0) is 19.1 Å². The highest BCUT2D eigenvalue weighted by atomic mass is 32.1. The average Bonchev–Trinajstić information content (AvgIpc) is 3.08. The van der Waals surface area contributed by atoms with Crippen LogP contribution in [0.3, 0.4) is 0 Å². The monoisotopic (exact) mass is 426 g/mol. The number of hydrogen-bond acceptors (Lipinski definition) is 7. The van der Waals surface area contributed by atoms with Crippen LogP contribution in [-0.4, -0.2) is 91.4 Å². The van der Waals surface area contributed by atoms with E-state index in [4.69, 9.17) is 24.5 Å². The molecule has 3 heterocycles. The zero-order chi connectivity index (χ0) is 20.8. The summed E-state index contributed by atoms with van der Waals surface area (Å²) in [5.74, 6) is -2.77. The average molecular weight is 426 g/mol. The quantitative estimate of drug-likeness (QED) is 0.738. The largest absolute Gasteiger partial charge is 0.490 e. The summed E-state index contributed by atoms with van der Waals surface area (Å²) in [4.78, 5) is 24.9. The molecule has 1 atom stereocenters. The van der Waals surface area contributed by atoms with Crippen molar-refractivity contribution in [3.63, 3.8) is 0 Å². The van der Waals surface area contributed by atoms with Gasteiger partial charge in [-0.2, -0.15) is 24.5 Å². The van der Waals surface area contributed by atoms with E-state index in [1.807, 2.05) is 16.8 Å². The number of anilines is 1. The number of carboxylic acids is 1. The molecule has 158 valence electrons. The lowest BCUT2D eigenvalue weighted by Gasteiger charge is -2.42. The summed E-state index contributed by atoms with van der Waals surface area (Å²) < 4.78 is 43.3. The van der Waals surface area contributed by atoms with Crippen LogP contribution in [0.1, 0.15) is 0 Å². The molecule has 1 aromatic rings. The molecule has 0 aliphatic carbocycles. The number of aliphatic hydroxyl groups is 1. The van der Waals surface area contributed by atoms with Gasteiger partial charge in [0, 0.05) is 25.0 Å². The van der Waals surface area contributed by atoms with Crippen LogP contribution in [0.25, 0.3) is 0 Å². The van der Waals surface area contributed by atoms with Crippen molar-refractivity contribution in [2.75, 3.05) is 57.5 Å². The first kappa shape index (κ1) is 22.6. The zero-order valence-corrected chi connectivity index (χ0v) is 15.7. The number of nitrogens with zero attached hydrogens (tertiary/aromatic N) is 2. The third-order valence-corrected chi connectivity index (χ3v) is 4.83. The zero-order valence-electron chi connectivity index (χ0n) is 14.9. The van der Waals surface area contributed by atoms with Gasteiger partial charge in [0.25, 0.3) is 5.91 Å². The van der Waals surface area contributed by atoms with Gasteiger partial charge < -0.3 is 24.6 Å². The van der Waals surface area contributed by atoms with E-state index < -0.39 is 17.7 Å². The number of carbonyl (C=O) groups excluding carboxylic acids is 1. The van der Waals surface area contributed by atoms with E-state index in [-0.39, 0.29) is 19.1 Å². The van der Waals surface area contributed by atoms with Crippen molar-refractivity contribution >= 4 is 28.9 Å². The molecule has 8 nitrogen and oxygen atoms in total. The van der Waals surface area contributed by atoms with Crippen LogP contribution < -0.4 is 4.90 Å². The lowest BCUT2D eigenvalue weighted by Crippen LogP contribution is -2.61. The van der Waals surface area contributed by atoms with E-state index in [1.54, 1.807) is 16.2 Å². The number of hydrogen-bond donors (Lipinski definition) is 2. The topological polar surface area (TPSA) is 99.5 Å². The third-order valence-electron chi connectivity index (χ3n) is 4.15. The van der Waals surface area contributed by atoms with Crippen LogP contribution in [0.5, 0.6) is 0 Å². The van der Waals surface area contributed by atoms with Gasteiger partial charge in [-0.1, -0.05) is 0 Å². The number of amides is 1. The lowest BCUT2D eigenvalue weighted by atomic mass is 10.0. The molecule has 2 N–H and O–H groups in total. The highest BCUT2D eigenvalue weighted by Crippen LogP contribution is 2.28. The van der Waals surface area contributed by atoms with Crippen molar-refractivity contribution in [2.45, 2.75) is 11.8 Å². The fraction of sp³-hybridized carbons (Fsp3) is 0.625. The second-order valence-corrected chi connectivity index (χ2v) is 7.07. The molecule has 2 aliphatic rings. The van der Waals surface area contributed by atoms with E-state index in [0.717, 1.165) is 12.2 Å². The molecular formula is C16H21F3N2O6S. The summed E-state index contributed by atoms with van der Waals surface area (Å²) in [5, 5.41) is 20.2. The van der Waals surface area contributed by atoms with Crippen molar-refractivity contribution in [3.8, 4) is 0 Å². The molecule has 2 saturated heterocycles. The fourth-order valence-corrected chi connectivity index (χ4v) is 3.50. The predicted octanol–water partition coefficient (Wildman–Crippen LogP) is 0.808. The number of alkyl halides is 3. The summed E-state index contributed by atoms with van der Waals surface area (Å²) >= 11 is 1.57. The van der Waals surface area contributed by atoms with Gasteiger partial charge in [0.2, 0.25) is 0 Å². The molecule has 0 bridgehead atoms. The molecule has 12 heteroatoms. The van der Waals surface area contributed by atoms with E-state index in [1.165, 1.54) is 0 Å². The van der Waals surface area contributed by atoms with Gasteiger partial charge in [-0.3, -0.25) is 9.69 Å². The van der Waals surface area contributed by atoms with E-state index in [2.05, 4.69) is 4.90 Å². The molecule has 0 radical (unpaired) electrons. The Morgan fingerprint density at radius 3 is 2.64 bits per heavy atom. The molecule has 3 rings (SSSR count). The van der Waals surface area contributed by atoms with Gasteiger partial charge >= 0.3 is 12.1 Å². The van der Waals surface area contributed by atoms with Crippen molar-refractivity contribution < 1.29 is 42.4 Å². The summed E-state index contributed by atoms with van der Waals surface area (Å²) in [6, 6.07) is 1.95. The Labute approximate surface area is 163 Å². The summed E-state index contributed by atoms with van der Waals surface area (Å²) in [6.07, 6.45) is -5.08. The molecule has 1 spiro atoms. The summed E-state index contributed by atoms with van der Waals surface area (Å²) in [7, 11) is 0. The van der Waals surface area contributed by atoms with Gasteiger partial charge in [0.05, 0.1) is 32.1 Å². The van der Waals surface area contributed by atoms with Crippen LogP contribution in [0.2, 0.25) is 0 Å².